The van der Waals surface area contributed by atoms with Crippen LogP contribution in [0.3, 0.4) is 0 Å². The Kier molecular flexibility index (Phi) is 7.19. The van der Waals surface area contributed by atoms with Gasteiger partial charge < -0.3 is 10.6 Å². The van der Waals surface area contributed by atoms with Crippen LogP contribution in [0.15, 0.2) is 45.6 Å². The molecule has 2 N–H and O–H groups in total. The van der Waals surface area contributed by atoms with Crippen LogP contribution in [0.4, 0.5) is 10.1 Å². The molecule has 0 fully saturated rings. The largest absolute Gasteiger partial charge is 0.345 e. The molecule has 0 radical (unpaired) electrons. The maximum absolute atomic E-state index is 13.9. The lowest BCUT2D eigenvalue weighted by Gasteiger charge is -2.14. The lowest BCUT2D eigenvalue weighted by molar-refractivity contribution is -0.116. The molecule has 12 heteroatoms. The number of nitrogens with one attached hydrogen (secondary N) is 2. The molecule has 160 valence electrons. The molecule has 3 aromatic rings. The monoisotopic (exact) mass is 571 g/mol. The number of aromatic nitrogens is 3. The third-order valence-corrected chi connectivity index (χ3v) is 5.20. The zero-order valence-electron chi connectivity index (χ0n) is 15.7. The fraction of sp³-hybridized carbons (Fsp3) is 0.105. The number of pyridine rings is 1. The number of rotatable bonds is 6. The zero-order chi connectivity index (χ0) is 22.7. The normalized spacial score (nSPS) is 10.6. The Labute approximate surface area is 197 Å². The first-order valence-electron chi connectivity index (χ1n) is 8.62. The minimum absolute atomic E-state index is 0.0171. The van der Waals surface area contributed by atoms with E-state index in [0.717, 1.165) is 12.1 Å². The summed E-state index contributed by atoms with van der Waals surface area (Å²) in [5.41, 5.74) is -0.0929. The Morgan fingerprint density at radius 3 is 2.61 bits per heavy atom. The third kappa shape index (κ3) is 5.35. The van der Waals surface area contributed by atoms with Crippen molar-refractivity contribution in [3.63, 3.8) is 0 Å². The van der Waals surface area contributed by atoms with Crippen LogP contribution >= 0.6 is 43.5 Å². The van der Waals surface area contributed by atoms with Gasteiger partial charge in [-0.1, -0.05) is 11.6 Å². The van der Waals surface area contributed by atoms with E-state index in [9.17, 15) is 18.8 Å². The van der Waals surface area contributed by atoms with E-state index < -0.39 is 17.6 Å². The van der Waals surface area contributed by atoms with E-state index >= 15 is 0 Å². The minimum Gasteiger partial charge on any atom is -0.345 e. The molecule has 0 saturated carbocycles. The van der Waals surface area contributed by atoms with Crippen molar-refractivity contribution in [2.45, 2.75) is 6.92 Å². The van der Waals surface area contributed by atoms with Crippen molar-refractivity contribution >= 4 is 66.7 Å². The second-order valence-electron chi connectivity index (χ2n) is 6.22. The van der Waals surface area contributed by atoms with Crippen molar-refractivity contribution in [1.29, 1.82) is 0 Å². The highest BCUT2D eigenvalue weighted by Gasteiger charge is 2.23. The summed E-state index contributed by atoms with van der Waals surface area (Å²) in [6.45, 7) is 1.06. The Morgan fingerprint density at radius 2 is 1.94 bits per heavy atom. The van der Waals surface area contributed by atoms with Crippen LogP contribution < -0.4 is 10.6 Å². The van der Waals surface area contributed by atoms with Gasteiger partial charge >= 0.3 is 0 Å². The number of Topliss-reactive ketones (excluding diaryl/α,β-unsaturated/α-hetero) is 1. The minimum atomic E-state index is -0.729. The second kappa shape index (κ2) is 9.67. The SMILES string of the molecule is CC(=O)CNC(=O)c1cc(F)cc(Br)c1NC(=O)c1cc(Br)nn1-c1ncccc1Cl. The number of nitrogens with zero attached hydrogens (tertiary/aromatic N) is 3. The fourth-order valence-electron chi connectivity index (χ4n) is 2.57. The second-order valence-corrected chi connectivity index (χ2v) is 8.30. The van der Waals surface area contributed by atoms with Crippen LogP contribution in [0.25, 0.3) is 5.82 Å². The summed E-state index contributed by atoms with van der Waals surface area (Å²) in [5.74, 6) is -2.15. The number of ketones is 1. The van der Waals surface area contributed by atoms with Gasteiger partial charge in [-0.25, -0.2) is 14.1 Å². The maximum Gasteiger partial charge on any atom is 0.274 e. The van der Waals surface area contributed by atoms with E-state index in [2.05, 4.69) is 52.6 Å². The topological polar surface area (TPSA) is 106 Å². The number of halogens is 4. The molecule has 0 aliphatic heterocycles. The lowest BCUT2D eigenvalue weighted by atomic mass is 10.1. The molecule has 31 heavy (non-hydrogen) atoms. The number of hydrogen-bond acceptors (Lipinski definition) is 5. The molecule has 0 aliphatic carbocycles. The highest BCUT2D eigenvalue weighted by atomic mass is 79.9. The predicted octanol–water partition coefficient (Wildman–Crippen LogP) is 4.16. The van der Waals surface area contributed by atoms with Gasteiger partial charge in [0, 0.05) is 16.7 Å². The quantitative estimate of drug-likeness (QED) is 0.461. The highest BCUT2D eigenvalue weighted by molar-refractivity contribution is 9.10. The standard InChI is InChI=1S/C19H13Br2ClFN5O3/c1-9(29)8-25-18(30)11-5-10(23)6-12(20)16(11)26-19(31)14-7-15(21)27-28(14)17-13(22)3-2-4-24-17/h2-7H,8H2,1H3,(H,25,30)(H,26,31). The van der Waals surface area contributed by atoms with Gasteiger partial charge in [0.1, 0.15) is 21.9 Å². The first-order valence-corrected chi connectivity index (χ1v) is 10.6. The molecule has 8 nitrogen and oxygen atoms in total. The van der Waals surface area contributed by atoms with Crippen LogP contribution in [0.2, 0.25) is 5.02 Å². The van der Waals surface area contributed by atoms with Gasteiger partial charge in [0.15, 0.2) is 5.82 Å². The van der Waals surface area contributed by atoms with Crippen molar-refractivity contribution in [2.75, 3.05) is 11.9 Å². The van der Waals surface area contributed by atoms with Crippen molar-refractivity contribution in [1.82, 2.24) is 20.1 Å². The molecule has 3 rings (SSSR count). The fourth-order valence-corrected chi connectivity index (χ4v) is 3.67. The summed E-state index contributed by atoms with van der Waals surface area (Å²) in [7, 11) is 0. The Hall–Kier alpha value is -2.63. The molecule has 0 bridgehead atoms. The molecular weight excluding hydrogens is 561 g/mol. The molecule has 0 saturated heterocycles. The van der Waals surface area contributed by atoms with E-state index in [1.165, 1.54) is 23.9 Å². The first-order chi connectivity index (χ1) is 14.7. The Bertz CT molecular complexity index is 1200. The summed E-state index contributed by atoms with van der Waals surface area (Å²) in [5, 5.41) is 9.41. The molecule has 2 heterocycles. The number of amides is 2. The van der Waals surface area contributed by atoms with Gasteiger partial charge in [-0.05, 0) is 63.0 Å². The molecule has 1 aromatic carbocycles. The van der Waals surface area contributed by atoms with E-state index in [1.807, 2.05) is 0 Å². The number of carbonyl (C=O) groups is 3. The molecule has 2 amide bonds. The van der Waals surface area contributed by atoms with Crippen molar-refractivity contribution in [2.24, 2.45) is 0 Å². The molecule has 2 aromatic heterocycles. The molecule has 0 atom stereocenters. The number of anilines is 1. The third-order valence-electron chi connectivity index (χ3n) is 3.89. The average molecular weight is 574 g/mol. The van der Waals surface area contributed by atoms with Crippen LogP contribution in [0.5, 0.6) is 0 Å². The van der Waals surface area contributed by atoms with Crippen molar-refractivity contribution in [3.05, 3.63) is 67.7 Å². The number of hydrogen-bond donors (Lipinski definition) is 2. The van der Waals surface area contributed by atoms with Crippen LogP contribution in [0, 0.1) is 5.82 Å². The van der Waals surface area contributed by atoms with Gasteiger partial charge in [0.2, 0.25) is 0 Å². The lowest BCUT2D eigenvalue weighted by Crippen LogP contribution is -2.29. The number of benzene rings is 1. The van der Waals surface area contributed by atoms with Crippen LogP contribution in [-0.2, 0) is 4.79 Å². The van der Waals surface area contributed by atoms with Crippen LogP contribution in [0.1, 0.15) is 27.8 Å². The van der Waals surface area contributed by atoms with E-state index in [4.69, 9.17) is 11.6 Å². The smallest absolute Gasteiger partial charge is 0.274 e. The molecule has 0 aliphatic rings. The molecule has 0 spiro atoms. The summed E-state index contributed by atoms with van der Waals surface area (Å²) < 4.78 is 15.6. The summed E-state index contributed by atoms with van der Waals surface area (Å²) in [6.07, 6.45) is 1.49. The zero-order valence-corrected chi connectivity index (χ0v) is 19.7. The van der Waals surface area contributed by atoms with Gasteiger partial charge in [0.25, 0.3) is 11.8 Å². The highest BCUT2D eigenvalue weighted by Crippen LogP contribution is 2.29. The van der Waals surface area contributed by atoms with Gasteiger partial charge in [-0.15, -0.1) is 0 Å². The molecule has 0 unspecified atom stereocenters. The van der Waals surface area contributed by atoms with E-state index in [-0.39, 0.29) is 44.6 Å². The Balaban J connectivity index is 1.99. The predicted molar refractivity (Wildman–Crippen MR) is 119 cm³/mol. The van der Waals surface area contributed by atoms with Gasteiger partial charge in [0.05, 0.1) is 22.8 Å². The number of carbonyl (C=O) groups excluding carboxylic acids is 3. The summed E-state index contributed by atoms with van der Waals surface area (Å²) in [6, 6.07) is 6.72. The first kappa shape index (κ1) is 23.0. The van der Waals surface area contributed by atoms with Crippen molar-refractivity contribution < 1.29 is 18.8 Å². The molecular formula is C19H13Br2ClFN5O3. The Morgan fingerprint density at radius 1 is 1.19 bits per heavy atom. The average Bonchev–Trinajstić information content (AvgIpc) is 3.09. The summed E-state index contributed by atoms with van der Waals surface area (Å²) in [4.78, 5) is 40.8. The van der Waals surface area contributed by atoms with Gasteiger partial charge in [-0.2, -0.15) is 5.10 Å². The van der Waals surface area contributed by atoms with E-state index in [0.29, 0.717) is 4.60 Å². The van der Waals surface area contributed by atoms with Crippen LogP contribution in [-0.4, -0.2) is 38.9 Å². The van der Waals surface area contributed by atoms with E-state index in [1.54, 1.807) is 12.1 Å². The maximum atomic E-state index is 13.9. The van der Waals surface area contributed by atoms with Gasteiger partial charge in [-0.3, -0.25) is 14.4 Å². The van der Waals surface area contributed by atoms with Crippen molar-refractivity contribution in [3.8, 4) is 5.82 Å². The summed E-state index contributed by atoms with van der Waals surface area (Å²) >= 11 is 12.6.